The van der Waals surface area contributed by atoms with E-state index in [2.05, 4.69) is 18.7 Å². The van der Waals surface area contributed by atoms with Crippen LogP contribution < -0.4 is 10.6 Å². The average molecular weight is 264 g/mol. The molecule has 2 rings (SSSR count). The van der Waals surface area contributed by atoms with Crippen LogP contribution in [0.1, 0.15) is 38.7 Å². The molecule has 0 aromatic heterocycles. The first-order chi connectivity index (χ1) is 9.08. The maximum atomic E-state index is 13.4. The number of nitrogens with two attached hydrogens (primary N) is 1. The molecule has 106 valence electrons. The summed E-state index contributed by atoms with van der Waals surface area (Å²) in [6.07, 6.45) is 4.40. The van der Waals surface area contributed by atoms with Gasteiger partial charge in [-0.05, 0) is 55.0 Å². The van der Waals surface area contributed by atoms with E-state index < -0.39 is 0 Å². The molecule has 3 heteroatoms. The summed E-state index contributed by atoms with van der Waals surface area (Å²) in [7, 11) is 0. The van der Waals surface area contributed by atoms with Gasteiger partial charge in [-0.2, -0.15) is 0 Å². The minimum Gasteiger partial charge on any atom is -0.371 e. The van der Waals surface area contributed by atoms with Crippen molar-refractivity contribution < 1.29 is 4.39 Å². The van der Waals surface area contributed by atoms with E-state index in [4.69, 9.17) is 5.73 Å². The summed E-state index contributed by atoms with van der Waals surface area (Å²) in [6, 6.07) is 5.10. The van der Waals surface area contributed by atoms with Crippen LogP contribution in [0.15, 0.2) is 18.2 Å². The molecule has 0 saturated carbocycles. The normalized spacial score (nSPS) is 18.6. The molecule has 1 aromatic carbocycles. The molecular formula is C16H25FN2. The van der Waals surface area contributed by atoms with Crippen molar-refractivity contribution in [3.05, 3.63) is 29.6 Å². The van der Waals surface area contributed by atoms with Crippen molar-refractivity contribution in [1.29, 1.82) is 0 Å². The quantitative estimate of drug-likeness (QED) is 0.903. The van der Waals surface area contributed by atoms with E-state index in [1.165, 1.54) is 24.9 Å². The van der Waals surface area contributed by atoms with Crippen LogP contribution in [0.3, 0.4) is 0 Å². The first-order valence-corrected chi connectivity index (χ1v) is 7.31. The van der Waals surface area contributed by atoms with Crippen molar-refractivity contribution >= 4 is 5.69 Å². The second-order valence-corrected chi connectivity index (χ2v) is 5.96. The van der Waals surface area contributed by atoms with E-state index in [9.17, 15) is 4.39 Å². The maximum Gasteiger partial charge on any atom is 0.123 e. The number of piperidine rings is 1. The molecule has 1 aromatic rings. The van der Waals surface area contributed by atoms with Gasteiger partial charge in [0.2, 0.25) is 0 Å². The van der Waals surface area contributed by atoms with Crippen molar-refractivity contribution in [2.24, 2.45) is 11.1 Å². The highest BCUT2D eigenvalue weighted by atomic mass is 19.1. The van der Waals surface area contributed by atoms with Crippen LogP contribution in [0.5, 0.6) is 0 Å². The van der Waals surface area contributed by atoms with Crippen molar-refractivity contribution in [2.45, 2.75) is 39.5 Å². The molecule has 1 aliphatic rings. The molecule has 0 atom stereocenters. The van der Waals surface area contributed by atoms with Gasteiger partial charge in [-0.25, -0.2) is 4.39 Å². The fourth-order valence-corrected chi connectivity index (χ4v) is 2.86. The van der Waals surface area contributed by atoms with Crippen LogP contribution in [-0.4, -0.2) is 19.6 Å². The lowest BCUT2D eigenvalue weighted by molar-refractivity contribution is 0.238. The van der Waals surface area contributed by atoms with E-state index >= 15 is 0 Å². The third kappa shape index (κ3) is 3.27. The van der Waals surface area contributed by atoms with Gasteiger partial charge in [0.15, 0.2) is 0 Å². The Labute approximate surface area is 115 Å². The van der Waals surface area contributed by atoms with Crippen molar-refractivity contribution in [1.82, 2.24) is 0 Å². The highest BCUT2D eigenvalue weighted by Crippen LogP contribution is 2.36. The van der Waals surface area contributed by atoms with Gasteiger partial charge >= 0.3 is 0 Å². The smallest absolute Gasteiger partial charge is 0.123 e. The molecule has 2 nitrogen and oxygen atoms in total. The number of benzene rings is 1. The van der Waals surface area contributed by atoms with Gasteiger partial charge < -0.3 is 10.6 Å². The van der Waals surface area contributed by atoms with Crippen LogP contribution in [-0.2, 0) is 6.42 Å². The lowest BCUT2D eigenvalue weighted by atomic mass is 9.78. The molecule has 0 amide bonds. The van der Waals surface area contributed by atoms with Crippen LogP contribution in [0.4, 0.5) is 10.1 Å². The minimum absolute atomic E-state index is 0.164. The average Bonchev–Trinajstić information content (AvgIpc) is 2.41. The molecule has 1 aliphatic heterocycles. The zero-order valence-corrected chi connectivity index (χ0v) is 12.1. The number of hydrogen-bond donors (Lipinski definition) is 1. The van der Waals surface area contributed by atoms with E-state index in [-0.39, 0.29) is 5.82 Å². The summed E-state index contributed by atoms with van der Waals surface area (Å²) in [6.45, 7) is 7.33. The highest BCUT2D eigenvalue weighted by Gasteiger charge is 2.28. The van der Waals surface area contributed by atoms with Crippen molar-refractivity contribution in [2.75, 3.05) is 24.5 Å². The van der Waals surface area contributed by atoms with E-state index in [0.29, 0.717) is 12.0 Å². The Morgan fingerprint density at radius 2 is 2.00 bits per heavy atom. The Kier molecular flexibility index (Phi) is 4.46. The monoisotopic (exact) mass is 264 g/mol. The van der Waals surface area contributed by atoms with Gasteiger partial charge in [-0.1, -0.05) is 20.3 Å². The third-order valence-electron chi connectivity index (χ3n) is 4.62. The molecule has 0 bridgehead atoms. The summed E-state index contributed by atoms with van der Waals surface area (Å²) < 4.78 is 13.4. The van der Waals surface area contributed by atoms with Crippen molar-refractivity contribution in [3.8, 4) is 0 Å². The number of rotatable bonds is 4. The van der Waals surface area contributed by atoms with Crippen LogP contribution in [0.25, 0.3) is 0 Å². The Hall–Kier alpha value is -1.09. The summed E-state index contributed by atoms with van der Waals surface area (Å²) in [5, 5.41) is 0. The lowest BCUT2D eigenvalue weighted by Crippen LogP contribution is -2.39. The maximum absolute atomic E-state index is 13.4. The molecule has 1 heterocycles. The summed E-state index contributed by atoms with van der Waals surface area (Å²) in [4.78, 5) is 2.39. The number of halogens is 1. The molecular weight excluding hydrogens is 239 g/mol. The molecule has 0 aliphatic carbocycles. The van der Waals surface area contributed by atoms with Gasteiger partial charge in [0, 0.05) is 18.8 Å². The largest absolute Gasteiger partial charge is 0.371 e. The molecule has 1 fully saturated rings. The van der Waals surface area contributed by atoms with Crippen LogP contribution >= 0.6 is 0 Å². The molecule has 0 spiro atoms. The molecule has 1 saturated heterocycles. The van der Waals surface area contributed by atoms with E-state index in [1.54, 1.807) is 12.1 Å². The summed E-state index contributed by atoms with van der Waals surface area (Å²) in [5.74, 6) is -0.164. The Morgan fingerprint density at radius 1 is 1.32 bits per heavy atom. The number of anilines is 1. The predicted octanol–water partition coefficient (Wildman–Crippen LogP) is 3.34. The molecule has 19 heavy (non-hydrogen) atoms. The first kappa shape index (κ1) is 14.3. The molecule has 2 N–H and O–H groups in total. The minimum atomic E-state index is -0.164. The van der Waals surface area contributed by atoms with Gasteiger partial charge in [0.1, 0.15) is 5.82 Å². The zero-order valence-electron chi connectivity index (χ0n) is 12.1. The Morgan fingerprint density at radius 3 is 2.58 bits per heavy atom. The third-order valence-corrected chi connectivity index (χ3v) is 4.62. The zero-order chi connectivity index (χ0) is 13.9. The number of nitrogens with zero attached hydrogens (tertiary/aromatic N) is 1. The van der Waals surface area contributed by atoms with Gasteiger partial charge in [0.25, 0.3) is 0 Å². The summed E-state index contributed by atoms with van der Waals surface area (Å²) >= 11 is 0. The van der Waals surface area contributed by atoms with Gasteiger partial charge in [-0.3, -0.25) is 0 Å². The van der Waals surface area contributed by atoms with Crippen LogP contribution in [0.2, 0.25) is 0 Å². The Balaban J connectivity index is 2.15. The standard InChI is InChI=1S/C16H25FN2/c1-3-16(2)7-10-19(11-8-16)15-5-4-14(17)12-13(15)6-9-18/h4-5,12H,3,6-11,18H2,1-2H3. The topological polar surface area (TPSA) is 29.3 Å². The second-order valence-electron chi connectivity index (χ2n) is 5.96. The SMILES string of the molecule is CCC1(C)CCN(c2ccc(F)cc2CCN)CC1. The van der Waals surface area contributed by atoms with E-state index in [1.807, 2.05) is 6.07 Å². The highest BCUT2D eigenvalue weighted by molar-refractivity contribution is 5.54. The first-order valence-electron chi connectivity index (χ1n) is 7.31. The van der Waals surface area contributed by atoms with E-state index in [0.717, 1.165) is 25.1 Å². The molecule has 0 unspecified atom stereocenters. The lowest BCUT2D eigenvalue weighted by Gasteiger charge is -2.40. The summed E-state index contributed by atoms with van der Waals surface area (Å²) in [5.41, 5.74) is 8.32. The van der Waals surface area contributed by atoms with Crippen molar-refractivity contribution in [3.63, 3.8) is 0 Å². The number of hydrogen-bond acceptors (Lipinski definition) is 2. The van der Waals surface area contributed by atoms with Gasteiger partial charge in [-0.15, -0.1) is 0 Å². The van der Waals surface area contributed by atoms with Gasteiger partial charge in [0.05, 0.1) is 0 Å². The fourth-order valence-electron chi connectivity index (χ4n) is 2.86. The molecule has 0 radical (unpaired) electrons. The van der Waals surface area contributed by atoms with Crippen LogP contribution in [0, 0.1) is 11.2 Å². The second kappa shape index (κ2) is 5.91. The Bertz CT molecular complexity index is 423. The predicted molar refractivity (Wildman–Crippen MR) is 79.0 cm³/mol. The fraction of sp³-hybridized carbons (Fsp3) is 0.625.